The Kier molecular flexibility index (Phi) is 4.19. The van der Waals surface area contributed by atoms with Crippen molar-refractivity contribution in [3.63, 3.8) is 0 Å². The third-order valence-corrected chi connectivity index (χ3v) is 3.44. The van der Waals surface area contributed by atoms with Gasteiger partial charge in [0.25, 0.3) is 0 Å². The van der Waals surface area contributed by atoms with Gasteiger partial charge in [-0.15, -0.1) is 0 Å². The van der Waals surface area contributed by atoms with E-state index in [0.29, 0.717) is 26.7 Å². The number of nitrogens with one attached hydrogen (secondary N) is 1. The molecule has 0 heterocycles. The molecule has 0 aliphatic carbocycles. The van der Waals surface area contributed by atoms with Crippen molar-refractivity contribution < 1.29 is 4.79 Å². The number of nitriles is 1. The van der Waals surface area contributed by atoms with Crippen LogP contribution < -0.4 is 0 Å². The molecule has 0 aliphatic rings. The summed E-state index contributed by atoms with van der Waals surface area (Å²) in [5.41, 5.74) is 1.48. The molecule has 0 aromatic heterocycles. The van der Waals surface area contributed by atoms with Crippen LogP contribution in [-0.2, 0) is 0 Å². The smallest absolute Gasteiger partial charge is 0.193 e. The minimum Gasteiger partial charge on any atom is -0.308 e. The van der Waals surface area contributed by atoms with Crippen LogP contribution in [0.1, 0.15) is 27.0 Å². The Balaban J connectivity index is 2.46. The molecule has 2 rings (SSSR count). The van der Waals surface area contributed by atoms with Crippen LogP contribution in [0.3, 0.4) is 0 Å². The molecule has 0 unspecified atom stereocenters. The largest absolute Gasteiger partial charge is 0.308 e. The molecule has 2 aromatic rings. The molecule has 3 nitrogen and oxygen atoms in total. The van der Waals surface area contributed by atoms with E-state index in [0.717, 1.165) is 6.21 Å². The van der Waals surface area contributed by atoms with E-state index >= 15 is 0 Å². The molecule has 0 atom stereocenters. The van der Waals surface area contributed by atoms with Crippen molar-refractivity contribution in [2.24, 2.45) is 0 Å². The highest BCUT2D eigenvalue weighted by Crippen LogP contribution is 2.21. The summed E-state index contributed by atoms with van der Waals surface area (Å²) in [4.78, 5) is 12.3. The Bertz CT molecular complexity index is 748. The first-order valence-corrected chi connectivity index (χ1v) is 6.37. The topological polar surface area (TPSA) is 64.7 Å². The van der Waals surface area contributed by atoms with Gasteiger partial charge in [-0.1, -0.05) is 23.2 Å². The normalized spacial score (nSPS) is 9.85. The molecular weight excluding hydrogens is 295 g/mol. The summed E-state index contributed by atoms with van der Waals surface area (Å²) in [6, 6.07) is 11.1. The summed E-state index contributed by atoms with van der Waals surface area (Å²) in [5, 5.41) is 16.9. The summed E-state index contributed by atoms with van der Waals surface area (Å²) in [6.45, 7) is 0. The molecule has 0 fully saturated rings. The van der Waals surface area contributed by atoms with Gasteiger partial charge >= 0.3 is 0 Å². The van der Waals surface area contributed by atoms with Crippen LogP contribution in [0, 0.1) is 16.7 Å². The standard InChI is InChI=1S/C15H8Cl2N2O/c16-13-3-1-9(5-11(13)7-18)15(20)10-2-4-14(17)12(6-10)8-19/h1-7,18H. The van der Waals surface area contributed by atoms with Crippen LogP contribution in [0.4, 0.5) is 0 Å². The zero-order chi connectivity index (χ0) is 14.7. The third-order valence-electron chi connectivity index (χ3n) is 2.76. The van der Waals surface area contributed by atoms with E-state index in [1.54, 1.807) is 24.3 Å². The van der Waals surface area contributed by atoms with Crippen LogP contribution >= 0.6 is 23.2 Å². The Morgan fingerprint density at radius 3 is 2.30 bits per heavy atom. The second-order valence-electron chi connectivity index (χ2n) is 4.02. The lowest BCUT2D eigenvalue weighted by Gasteiger charge is -2.05. The van der Waals surface area contributed by atoms with E-state index in [4.69, 9.17) is 33.9 Å². The number of carbonyl (C=O) groups excluding carboxylic acids is 1. The van der Waals surface area contributed by atoms with Crippen LogP contribution in [0.15, 0.2) is 36.4 Å². The lowest BCUT2D eigenvalue weighted by molar-refractivity contribution is 0.103. The van der Waals surface area contributed by atoms with Gasteiger partial charge < -0.3 is 5.41 Å². The summed E-state index contributed by atoms with van der Waals surface area (Å²) < 4.78 is 0. The number of hydrogen-bond donors (Lipinski definition) is 1. The Labute approximate surface area is 125 Å². The van der Waals surface area contributed by atoms with Gasteiger partial charge in [-0.05, 0) is 36.4 Å². The predicted molar refractivity (Wildman–Crippen MR) is 78.9 cm³/mol. The van der Waals surface area contributed by atoms with Crippen molar-refractivity contribution in [3.05, 3.63) is 68.7 Å². The lowest BCUT2D eigenvalue weighted by Crippen LogP contribution is -2.03. The van der Waals surface area contributed by atoms with E-state index in [-0.39, 0.29) is 11.3 Å². The molecule has 20 heavy (non-hydrogen) atoms. The fourth-order valence-electron chi connectivity index (χ4n) is 1.71. The summed E-state index contributed by atoms with van der Waals surface area (Å²) >= 11 is 11.7. The first-order valence-electron chi connectivity index (χ1n) is 5.61. The van der Waals surface area contributed by atoms with Gasteiger partial charge in [-0.3, -0.25) is 4.79 Å². The predicted octanol–water partition coefficient (Wildman–Crippen LogP) is 4.09. The van der Waals surface area contributed by atoms with E-state index in [9.17, 15) is 4.79 Å². The molecule has 0 spiro atoms. The highest BCUT2D eigenvalue weighted by molar-refractivity contribution is 6.33. The minimum absolute atomic E-state index is 0.249. The first-order chi connectivity index (χ1) is 9.56. The molecule has 0 radical (unpaired) electrons. The van der Waals surface area contributed by atoms with E-state index in [1.165, 1.54) is 12.1 Å². The molecule has 5 heteroatoms. The van der Waals surface area contributed by atoms with E-state index in [2.05, 4.69) is 0 Å². The fraction of sp³-hybridized carbons (Fsp3) is 0. The average Bonchev–Trinajstić information content (AvgIpc) is 2.47. The Morgan fingerprint density at radius 2 is 1.70 bits per heavy atom. The number of halogens is 2. The van der Waals surface area contributed by atoms with Gasteiger partial charge in [0.05, 0.1) is 10.6 Å². The maximum atomic E-state index is 12.3. The maximum absolute atomic E-state index is 12.3. The van der Waals surface area contributed by atoms with Crippen LogP contribution in [0.2, 0.25) is 10.0 Å². The second-order valence-corrected chi connectivity index (χ2v) is 4.83. The molecule has 2 aromatic carbocycles. The molecule has 0 aliphatic heterocycles. The number of benzene rings is 2. The number of nitrogens with zero attached hydrogens (tertiary/aromatic N) is 1. The van der Waals surface area contributed by atoms with Gasteiger partial charge in [-0.25, -0.2) is 0 Å². The van der Waals surface area contributed by atoms with Gasteiger partial charge in [0.15, 0.2) is 5.78 Å². The van der Waals surface area contributed by atoms with Gasteiger partial charge in [0, 0.05) is 27.9 Å². The highest BCUT2D eigenvalue weighted by atomic mass is 35.5. The molecular formula is C15H8Cl2N2O. The van der Waals surface area contributed by atoms with Crippen LogP contribution in [-0.4, -0.2) is 12.0 Å². The van der Waals surface area contributed by atoms with Crippen molar-refractivity contribution in [2.75, 3.05) is 0 Å². The van der Waals surface area contributed by atoms with E-state index in [1.807, 2.05) is 6.07 Å². The van der Waals surface area contributed by atoms with Gasteiger partial charge in [0.1, 0.15) is 6.07 Å². The van der Waals surface area contributed by atoms with Crippen molar-refractivity contribution in [1.29, 1.82) is 10.7 Å². The van der Waals surface area contributed by atoms with Crippen molar-refractivity contribution in [2.45, 2.75) is 0 Å². The SMILES string of the molecule is N#Cc1cc(C(=O)c2ccc(Cl)c(C=N)c2)ccc1Cl. The zero-order valence-electron chi connectivity index (χ0n) is 10.2. The zero-order valence-corrected chi connectivity index (χ0v) is 11.7. The number of carbonyl (C=O) groups is 1. The average molecular weight is 303 g/mol. The maximum Gasteiger partial charge on any atom is 0.193 e. The van der Waals surface area contributed by atoms with Crippen molar-refractivity contribution >= 4 is 35.2 Å². The van der Waals surface area contributed by atoms with Crippen molar-refractivity contribution in [3.8, 4) is 6.07 Å². The lowest BCUT2D eigenvalue weighted by atomic mass is 10.00. The Morgan fingerprint density at radius 1 is 1.10 bits per heavy atom. The number of rotatable bonds is 3. The monoisotopic (exact) mass is 302 g/mol. The van der Waals surface area contributed by atoms with Gasteiger partial charge in [0.2, 0.25) is 0 Å². The first kappa shape index (κ1) is 14.3. The molecule has 0 amide bonds. The number of hydrogen-bond acceptors (Lipinski definition) is 3. The molecule has 1 N–H and O–H groups in total. The van der Waals surface area contributed by atoms with Crippen LogP contribution in [0.5, 0.6) is 0 Å². The molecule has 0 saturated heterocycles. The van der Waals surface area contributed by atoms with E-state index < -0.39 is 0 Å². The van der Waals surface area contributed by atoms with Crippen LogP contribution in [0.25, 0.3) is 0 Å². The third kappa shape index (κ3) is 2.72. The highest BCUT2D eigenvalue weighted by Gasteiger charge is 2.12. The molecule has 0 saturated carbocycles. The quantitative estimate of drug-likeness (QED) is 0.685. The molecule has 0 bridgehead atoms. The second kappa shape index (κ2) is 5.87. The molecule has 98 valence electrons. The fourth-order valence-corrected chi connectivity index (χ4v) is 2.05. The number of ketones is 1. The summed E-state index contributed by atoms with van der Waals surface area (Å²) in [7, 11) is 0. The summed E-state index contributed by atoms with van der Waals surface area (Å²) in [5.74, 6) is -0.252. The Hall–Kier alpha value is -2.15. The van der Waals surface area contributed by atoms with Crippen molar-refractivity contribution in [1.82, 2.24) is 0 Å². The summed E-state index contributed by atoms with van der Waals surface area (Å²) in [6.07, 6.45) is 1.09. The minimum atomic E-state index is -0.252. The van der Waals surface area contributed by atoms with Gasteiger partial charge in [-0.2, -0.15) is 5.26 Å².